The Balaban J connectivity index is 1.23. The van der Waals surface area contributed by atoms with Gasteiger partial charge in [0.2, 0.25) is 11.8 Å². The summed E-state index contributed by atoms with van der Waals surface area (Å²) in [6.07, 6.45) is 12.6. The number of piperidine rings is 1. The molecule has 0 bridgehead atoms. The van der Waals surface area contributed by atoms with Gasteiger partial charge in [0, 0.05) is 12.4 Å². The van der Waals surface area contributed by atoms with E-state index in [1.807, 2.05) is 0 Å². The number of oxazole rings is 1. The van der Waals surface area contributed by atoms with Gasteiger partial charge in [-0.2, -0.15) is 14.6 Å². The van der Waals surface area contributed by atoms with E-state index in [1.54, 1.807) is 17.1 Å². The highest BCUT2D eigenvalue weighted by molar-refractivity contribution is 6.04. The number of nitrogens with zero attached hydrogens (tertiary/aromatic N) is 6. The first-order chi connectivity index (χ1) is 18.9. The van der Waals surface area contributed by atoms with Crippen molar-refractivity contribution in [3.05, 3.63) is 54.4 Å². The fraction of sp³-hybridized carbons (Fsp3) is 0.444. The number of aromatic nitrogens is 6. The van der Waals surface area contributed by atoms with E-state index < -0.39 is 17.7 Å². The molecule has 0 atom stereocenters. The van der Waals surface area contributed by atoms with Crippen molar-refractivity contribution in [2.45, 2.75) is 44.6 Å². The third-order valence-corrected chi connectivity index (χ3v) is 8.04. The smallest absolute Gasteiger partial charge is 0.277 e. The summed E-state index contributed by atoms with van der Waals surface area (Å²) in [4.78, 5) is 23.4. The van der Waals surface area contributed by atoms with E-state index in [2.05, 4.69) is 42.5 Å². The minimum atomic E-state index is -0.835. The first-order valence-corrected chi connectivity index (χ1v) is 13.3. The lowest BCUT2D eigenvalue weighted by atomic mass is 9.74. The summed E-state index contributed by atoms with van der Waals surface area (Å²) in [6.45, 7) is 2.30. The van der Waals surface area contributed by atoms with Gasteiger partial charge in [0.15, 0.2) is 11.5 Å². The molecule has 5 heterocycles. The van der Waals surface area contributed by atoms with Crippen LogP contribution in [0.15, 0.2) is 41.4 Å². The average molecular weight is 537 g/mol. The molecule has 6 rings (SSSR count). The lowest BCUT2D eigenvalue weighted by molar-refractivity contribution is 0.102. The number of aromatic amines is 1. The van der Waals surface area contributed by atoms with Gasteiger partial charge < -0.3 is 14.6 Å². The van der Waals surface area contributed by atoms with Crippen LogP contribution in [0.4, 0.5) is 14.5 Å². The van der Waals surface area contributed by atoms with Crippen molar-refractivity contribution in [2.24, 2.45) is 11.8 Å². The average Bonchev–Trinajstić information content (AvgIpc) is 3.72. The molecule has 204 valence electrons. The molecule has 2 aliphatic rings. The van der Waals surface area contributed by atoms with E-state index in [9.17, 15) is 13.6 Å². The van der Waals surface area contributed by atoms with Crippen LogP contribution in [-0.4, -0.2) is 60.9 Å². The molecule has 2 N–H and O–H groups in total. The van der Waals surface area contributed by atoms with Gasteiger partial charge in [-0.1, -0.05) is 0 Å². The normalized spacial score (nSPS) is 20.8. The largest absolute Gasteiger partial charge is 0.444 e. The summed E-state index contributed by atoms with van der Waals surface area (Å²) < 4.78 is 35.9. The fourth-order valence-corrected chi connectivity index (χ4v) is 5.83. The van der Waals surface area contributed by atoms with Crippen molar-refractivity contribution in [1.29, 1.82) is 0 Å². The minimum Gasteiger partial charge on any atom is -0.444 e. The Morgan fingerprint density at radius 3 is 2.56 bits per heavy atom. The highest BCUT2D eigenvalue weighted by Crippen LogP contribution is 2.40. The quantitative estimate of drug-likeness (QED) is 0.336. The van der Waals surface area contributed by atoms with Crippen molar-refractivity contribution < 1.29 is 18.0 Å². The number of H-pyrrole nitrogens is 1. The second kappa shape index (κ2) is 10.7. The molecule has 1 saturated heterocycles. The molecule has 0 aromatic carbocycles. The predicted molar refractivity (Wildman–Crippen MR) is 139 cm³/mol. The first kappa shape index (κ1) is 25.4. The maximum atomic E-state index is 14.8. The van der Waals surface area contributed by atoms with Crippen LogP contribution in [0, 0.1) is 23.6 Å². The van der Waals surface area contributed by atoms with E-state index >= 15 is 0 Å². The van der Waals surface area contributed by atoms with Crippen LogP contribution in [-0.2, 0) is 0 Å². The molecule has 39 heavy (non-hydrogen) atoms. The molecule has 1 amide bonds. The maximum absolute atomic E-state index is 14.8. The number of nitrogens with one attached hydrogen (secondary N) is 2. The van der Waals surface area contributed by atoms with E-state index in [-0.39, 0.29) is 34.7 Å². The third kappa shape index (κ3) is 5.33. The van der Waals surface area contributed by atoms with Gasteiger partial charge in [-0.05, 0) is 82.6 Å². The van der Waals surface area contributed by atoms with Crippen LogP contribution in [0.5, 0.6) is 0 Å². The molecule has 2 fully saturated rings. The number of carbonyl (C=O) groups excluding carboxylic acids is 1. The Kier molecular flexibility index (Phi) is 6.94. The minimum absolute atomic E-state index is 0.0243. The summed E-state index contributed by atoms with van der Waals surface area (Å²) in [5, 5.41) is 13.9. The van der Waals surface area contributed by atoms with Crippen molar-refractivity contribution >= 4 is 11.6 Å². The van der Waals surface area contributed by atoms with Crippen molar-refractivity contribution in [2.75, 3.05) is 25.5 Å². The van der Waals surface area contributed by atoms with Crippen molar-refractivity contribution in [1.82, 2.24) is 34.8 Å². The highest BCUT2D eigenvalue weighted by atomic mass is 19.1. The fourth-order valence-electron chi connectivity index (χ4n) is 5.83. The molecule has 4 aromatic rings. The number of carbonyl (C=O) groups is 1. The van der Waals surface area contributed by atoms with E-state index in [0.29, 0.717) is 11.5 Å². The zero-order valence-corrected chi connectivity index (χ0v) is 21.6. The van der Waals surface area contributed by atoms with Crippen LogP contribution in [0.25, 0.3) is 22.8 Å². The molecule has 4 aromatic heterocycles. The molecule has 0 unspecified atom stereocenters. The van der Waals surface area contributed by atoms with Gasteiger partial charge >= 0.3 is 0 Å². The second-order valence-corrected chi connectivity index (χ2v) is 10.5. The number of rotatable bonds is 6. The van der Waals surface area contributed by atoms with Gasteiger partial charge in [-0.15, -0.1) is 0 Å². The number of pyridine rings is 1. The molecule has 0 spiro atoms. The predicted octanol–water partition coefficient (Wildman–Crippen LogP) is 4.93. The Bertz CT molecular complexity index is 1430. The zero-order valence-electron chi connectivity index (χ0n) is 21.6. The lowest BCUT2D eigenvalue weighted by Gasteiger charge is -2.38. The lowest BCUT2D eigenvalue weighted by Crippen LogP contribution is -2.34. The van der Waals surface area contributed by atoms with Crippen molar-refractivity contribution in [3.63, 3.8) is 0 Å². The standard InChI is InChI=1S/C27H30F2N8O2/c1-36-10-8-17(9-11-36)16-2-4-19(5-3-16)37-14-21(25(35-37)24-20(28)6-7-23(29)34-24)32-26(38)22-15-39-27(33-22)18-12-30-31-13-18/h6-7,12-17,19H,2-5,8-11H2,1H3,(H,30,31)(H,32,38). The number of halogens is 2. The first-order valence-electron chi connectivity index (χ1n) is 13.3. The van der Waals surface area contributed by atoms with Gasteiger partial charge in [0.05, 0.1) is 23.5 Å². The van der Waals surface area contributed by atoms with Gasteiger partial charge in [0.25, 0.3) is 5.91 Å². The molecule has 1 aliphatic heterocycles. The van der Waals surface area contributed by atoms with Crippen LogP contribution in [0.1, 0.15) is 55.1 Å². The van der Waals surface area contributed by atoms with E-state index in [1.165, 1.54) is 25.3 Å². The Labute approximate surface area is 223 Å². The van der Waals surface area contributed by atoms with Gasteiger partial charge in [-0.25, -0.2) is 14.4 Å². The summed E-state index contributed by atoms with van der Waals surface area (Å²) >= 11 is 0. The monoisotopic (exact) mass is 536 g/mol. The maximum Gasteiger partial charge on any atom is 0.277 e. The summed E-state index contributed by atoms with van der Waals surface area (Å²) in [6, 6.07) is 2.04. The Morgan fingerprint density at radius 1 is 1.05 bits per heavy atom. The molecule has 0 radical (unpaired) electrons. The molecule has 1 saturated carbocycles. The van der Waals surface area contributed by atoms with Crippen LogP contribution in [0.2, 0.25) is 0 Å². The van der Waals surface area contributed by atoms with Crippen molar-refractivity contribution in [3.8, 4) is 22.8 Å². The third-order valence-electron chi connectivity index (χ3n) is 8.04. The van der Waals surface area contributed by atoms with E-state index in [4.69, 9.17) is 4.42 Å². The van der Waals surface area contributed by atoms with Crippen LogP contribution < -0.4 is 5.32 Å². The number of likely N-dealkylation sites (tertiary alicyclic amines) is 1. The zero-order chi connectivity index (χ0) is 26.9. The summed E-state index contributed by atoms with van der Waals surface area (Å²) in [7, 11) is 2.18. The molecular weight excluding hydrogens is 506 g/mol. The number of amides is 1. The topological polar surface area (TPSA) is 118 Å². The Hall–Kier alpha value is -3.93. The van der Waals surface area contributed by atoms with Crippen LogP contribution in [0.3, 0.4) is 0 Å². The molecule has 10 nitrogen and oxygen atoms in total. The van der Waals surface area contributed by atoms with Crippen LogP contribution >= 0.6 is 0 Å². The number of hydrogen-bond donors (Lipinski definition) is 2. The SMILES string of the molecule is CN1CCC(C2CCC(n3cc(NC(=O)c4coc(-c5cn[nH]c5)n4)c(-c4nc(F)ccc4F)n3)CC2)CC1. The van der Waals surface area contributed by atoms with Gasteiger partial charge in [-0.3, -0.25) is 14.6 Å². The second-order valence-electron chi connectivity index (χ2n) is 10.5. The summed E-state index contributed by atoms with van der Waals surface area (Å²) in [5.41, 5.74) is 0.641. The van der Waals surface area contributed by atoms with Gasteiger partial charge in [0.1, 0.15) is 17.7 Å². The highest BCUT2D eigenvalue weighted by Gasteiger charge is 2.31. The van der Waals surface area contributed by atoms with E-state index in [0.717, 1.165) is 56.8 Å². The summed E-state index contributed by atoms with van der Waals surface area (Å²) in [5.74, 6) is -0.459. The number of anilines is 1. The number of hydrogen-bond acceptors (Lipinski definition) is 7. The molecule has 1 aliphatic carbocycles. The Morgan fingerprint density at radius 2 is 1.82 bits per heavy atom. The molecular formula is C27H30F2N8O2. The molecule has 12 heteroatoms.